The number of hydrogen-bond donors (Lipinski definition) is 1. The summed E-state index contributed by atoms with van der Waals surface area (Å²) in [7, 11) is 0. The molecule has 0 aliphatic rings. The summed E-state index contributed by atoms with van der Waals surface area (Å²) in [5.41, 5.74) is 1.13. The highest BCUT2D eigenvalue weighted by Gasteiger charge is 2.15. The molecule has 0 fully saturated rings. The molecule has 2 aromatic rings. The fourth-order valence-corrected chi connectivity index (χ4v) is 3.22. The first-order chi connectivity index (χ1) is 9.11. The topological polar surface area (TPSA) is 24.9 Å². The van der Waals surface area contributed by atoms with Gasteiger partial charge in [0.2, 0.25) is 0 Å². The summed E-state index contributed by atoms with van der Waals surface area (Å²) in [6, 6.07) is 8.40. The van der Waals surface area contributed by atoms with E-state index in [4.69, 9.17) is 11.6 Å². The molecule has 0 spiro atoms. The maximum absolute atomic E-state index is 6.22. The molecule has 4 heteroatoms. The van der Waals surface area contributed by atoms with Gasteiger partial charge in [-0.2, -0.15) is 0 Å². The molecule has 0 saturated heterocycles. The van der Waals surface area contributed by atoms with Crippen molar-refractivity contribution >= 4 is 22.9 Å². The van der Waals surface area contributed by atoms with Crippen LogP contribution in [0.15, 0.2) is 30.5 Å². The molecule has 102 valence electrons. The van der Waals surface area contributed by atoms with Gasteiger partial charge in [0.1, 0.15) is 5.01 Å². The first kappa shape index (κ1) is 14.5. The Morgan fingerprint density at radius 1 is 1.26 bits per heavy atom. The van der Waals surface area contributed by atoms with Gasteiger partial charge in [0.05, 0.1) is 6.04 Å². The Hall–Kier alpha value is -0.900. The smallest absolute Gasteiger partial charge is 0.109 e. The van der Waals surface area contributed by atoms with E-state index in [1.54, 1.807) is 11.3 Å². The highest BCUT2D eigenvalue weighted by molar-refractivity contribution is 7.11. The Morgan fingerprint density at radius 2 is 2.00 bits per heavy atom. The minimum atomic E-state index is 0.206. The zero-order valence-corrected chi connectivity index (χ0v) is 13.1. The molecule has 1 heterocycles. The summed E-state index contributed by atoms with van der Waals surface area (Å²) in [5.74, 6) is 0. The maximum atomic E-state index is 6.22. The normalized spacial score (nSPS) is 14.3. The van der Waals surface area contributed by atoms with E-state index >= 15 is 0 Å². The lowest BCUT2D eigenvalue weighted by Gasteiger charge is -2.19. The van der Waals surface area contributed by atoms with Crippen LogP contribution in [-0.4, -0.2) is 4.98 Å². The average Bonchev–Trinajstić information content (AvgIpc) is 2.88. The molecule has 2 atom stereocenters. The summed E-state index contributed by atoms with van der Waals surface area (Å²) in [5, 5.41) is 5.50. The molecule has 0 aliphatic heterocycles. The summed E-state index contributed by atoms with van der Waals surface area (Å²) >= 11 is 8.00. The maximum Gasteiger partial charge on any atom is 0.109 e. The lowest BCUT2D eigenvalue weighted by molar-refractivity contribution is 0.493. The molecule has 0 aliphatic carbocycles. The molecule has 1 N–H and O–H groups in total. The van der Waals surface area contributed by atoms with Crippen molar-refractivity contribution in [2.75, 3.05) is 0 Å². The van der Waals surface area contributed by atoms with Gasteiger partial charge in [0, 0.05) is 22.1 Å². The molecule has 1 aromatic carbocycles. The van der Waals surface area contributed by atoms with Crippen molar-refractivity contribution in [1.82, 2.24) is 10.3 Å². The predicted molar refractivity (Wildman–Crippen MR) is 82.9 cm³/mol. The van der Waals surface area contributed by atoms with Crippen LogP contribution in [0.25, 0.3) is 0 Å². The lowest BCUT2D eigenvalue weighted by Crippen LogP contribution is -2.22. The van der Waals surface area contributed by atoms with Crippen LogP contribution in [0.1, 0.15) is 48.3 Å². The number of thiazole rings is 1. The average molecular weight is 295 g/mol. The van der Waals surface area contributed by atoms with Crippen molar-refractivity contribution < 1.29 is 0 Å². The van der Waals surface area contributed by atoms with Crippen molar-refractivity contribution in [3.63, 3.8) is 0 Å². The number of aromatic nitrogens is 1. The third-order valence-corrected chi connectivity index (χ3v) is 4.83. The van der Waals surface area contributed by atoms with Crippen molar-refractivity contribution in [1.29, 1.82) is 0 Å². The number of benzene rings is 1. The number of hydrogen-bond acceptors (Lipinski definition) is 3. The third kappa shape index (κ3) is 3.56. The van der Waals surface area contributed by atoms with E-state index < -0.39 is 0 Å². The zero-order valence-electron chi connectivity index (χ0n) is 11.5. The Bertz CT molecular complexity index is 538. The minimum absolute atomic E-state index is 0.206. The largest absolute Gasteiger partial charge is 0.301 e. The molecular formula is C15H19ClN2S. The van der Waals surface area contributed by atoms with E-state index in [-0.39, 0.29) is 12.1 Å². The van der Waals surface area contributed by atoms with E-state index in [1.807, 2.05) is 24.4 Å². The van der Waals surface area contributed by atoms with Crippen LogP contribution in [0.4, 0.5) is 0 Å². The van der Waals surface area contributed by atoms with Gasteiger partial charge in [-0.1, -0.05) is 36.7 Å². The van der Waals surface area contributed by atoms with Crippen LogP contribution >= 0.6 is 22.9 Å². The van der Waals surface area contributed by atoms with Gasteiger partial charge in [-0.25, -0.2) is 4.98 Å². The fourth-order valence-electron chi connectivity index (χ4n) is 2.05. The van der Waals surface area contributed by atoms with Gasteiger partial charge in [0.15, 0.2) is 0 Å². The SMILES string of the molecule is CCc1cnc(C(C)NC(C)c2ccccc2Cl)s1. The number of aryl methyl sites for hydroxylation is 1. The number of halogens is 1. The fraction of sp³-hybridized carbons (Fsp3) is 0.400. The second kappa shape index (κ2) is 6.51. The van der Waals surface area contributed by atoms with Crippen molar-refractivity contribution in [3.05, 3.63) is 50.9 Å². The number of nitrogens with one attached hydrogen (secondary N) is 1. The summed E-state index contributed by atoms with van der Waals surface area (Å²) < 4.78 is 0. The molecule has 2 unspecified atom stereocenters. The van der Waals surface area contributed by atoms with Gasteiger partial charge in [-0.05, 0) is 31.9 Å². The first-order valence-corrected chi connectivity index (χ1v) is 7.76. The summed E-state index contributed by atoms with van der Waals surface area (Å²) in [6.07, 6.45) is 3.02. The monoisotopic (exact) mass is 294 g/mol. The van der Waals surface area contributed by atoms with E-state index in [1.165, 1.54) is 4.88 Å². The van der Waals surface area contributed by atoms with Crippen LogP contribution in [0, 0.1) is 0 Å². The molecule has 19 heavy (non-hydrogen) atoms. The van der Waals surface area contributed by atoms with Gasteiger partial charge in [0.25, 0.3) is 0 Å². The van der Waals surface area contributed by atoms with E-state index in [9.17, 15) is 0 Å². The van der Waals surface area contributed by atoms with Crippen LogP contribution in [0.5, 0.6) is 0 Å². The first-order valence-electron chi connectivity index (χ1n) is 6.57. The van der Waals surface area contributed by atoms with E-state index in [0.29, 0.717) is 0 Å². The van der Waals surface area contributed by atoms with Gasteiger partial charge >= 0.3 is 0 Å². The zero-order chi connectivity index (χ0) is 13.8. The summed E-state index contributed by atoms with van der Waals surface area (Å²) in [6.45, 7) is 6.43. The molecule has 0 saturated carbocycles. The Kier molecular flexibility index (Phi) is 4.97. The lowest BCUT2D eigenvalue weighted by atomic mass is 10.1. The molecule has 0 amide bonds. The van der Waals surface area contributed by atoms with E-state index in [0.717, 1.165) is 22.0 Å². The number of rotatable bonds is 5. The highest BCUT2D eigenvalue weighted by Crippen LogP contribution is 2.26. The molecule has 1 aromatic heterocycles. The van der Waals surface area contributed by atoms with Gasteiger partial charge in [-0.15, -0.1) is 11.3 Å². The van der Waals surface area contributed by atoms with Crippen LogP contribution in [-0.2, 0) is 6.42 Å². The third-order valence-electron chi connectivity index (χ3n) is 3.16. The second-order valence-electron chi connectivity index (χ2n) is 4.65. The molecule has 0 radical (unpaired) electrons. The standard InChI is InChI=1S/C15H19ClN2S/c1-4-12-9-17-15(19-12)11(3)18-10(2)13-7-5-6-8-14(13)16/h5-11,18H,4H2,1-3H3. The highest BCUT2D eigenvalue weighted by atomic mass is 35.5. The Morgan fingerprint density at radius 3 is 2.63 bits per heavy atom. The minimum Gasteiger partial charge on any atom is -0.301 e. The molecular weight excluding hydrogens is 276 g/mol. The number of nitrogens with zero attached hydrogens (tertiary/aromatic N) is 1. The van der Waals surface area contributed by atoms with Crippen LogP contribution in [0.3, 0.4) is 0 Å². The van der Waals surface area contributed by atoms with E-state index in [2.05, 4.69) is 37.1 Å². The quantitative estimate of drug-likeness (QED) is 0.859. The van der Waals surface area contributed by atoms with Gasteiger partial charge in [-0.3, -0.25) is 0 Å². The predicted octanol–water partition coefficient (Wildman–Crippen LogP) is 4.77. The van der Waals surface area contributed by atoms with Crippen molar-refractivity contribution in [2.24, 2.45) is 0 Å². The molecule has 2 nitrogen and oxygen atoms in total. The van der Waals surface area contributed by atoms with Crippen LogP contribution < -0.4 is 5.32 Å². The van der Waals surface area contributed by atoms with Crippen molar-refractivity contribution in [2.45, 2.75) is 39.3 Å². The Labute approximate surface area is 123 Å². The van der Waals surface area contributed by atoms with Crippen LogP contribution in [0.2, 0.25) is 5.02 Å². The molecule has 0 bridgehead atoms. The summed E-state index contributed by atoms with van der Waals surface area (Å²) in [4.78, 5) is 5.81. The Balaban J connectivity index is 2.06. The molecule has 2 rings (SSSR count). The second-order valence-corrected chi connectivity index (χ2v) is 6.20. The van der Waals surface area contributed by atoms with Gasteiger partial charge < -0.3 is 5.32 Å². The van der Waals surface area contributed by atoms with Crippen molar-refractivity contribution in [3.8, 4) is 0 Å².